The van der Waals surface area contributed by atoms with Crippen LogP contribution in [0.5, 0.6) is 23.0 Å². The van der Waals surface area contributed by atoms with Crippen molar-refractivity contribution in [2.75, 3.05) is 0 Å². The van der Waals surface area contributed by atoms with Gasteiger partial charge in [-0.1, -0.05) is 34.2 Å². The monoisotopic (exact) mass is 1180 g/mol. The molecule has 4 aliphatic rings. The fraction of sp³-hybridized carbons (Fsp3) is 0.0417. The van der Waals surface area contributed by atoms with Gasteiger partial charge < -0.3 is 49.4 Å². The van der Waals surface area contributed by atoms with Crippen LogP contribution in [0.4, 0.5) is 0 Å². The summed E-state index contributed by atoms with van der Waals surface area (Å²) in [6, 6.07) is 47.6. The molecule has 0 saturated heterocycles. The van der Waals surface area contributed by atoms with E-state index in [4.69, 9.17) is 13.9 Å². The minimum atomic E-state index is -0.226. The Labute approximate surface area is 390 Å². The molecule has 4 aliphatic heterocycles. The largest absolute Gasteiger partial charge is 4.00 e. The molecular formula is C48H24B2N4O3Pt2S2+2. The minimum absolute atomic E-state index is 0. The number of nitrogens with zero attached hydrogens (tertiary/aromatic N) is 4. The quantitative estimate of drug-likeness (QED) is 0.149. The number of imidazole rings is 2. The van der Waals surface area contributed by atoms with E-state index < -0.39 is 0 Å². The molecular weight excluding hydrogens is 1160 g/mol. The van der Waals surface area contributed by atoms with Gasteiger partial charge in [0.1, 0.15) is 11.5 Å². The summed E-state index contributed by atoms with van der Waals surface area (Å²) in [5, 5.41) is 0. The molecule has 0 saturated carbocycles. The van der Waals surface area contributed by atoms with Crippen LogP contribution in [0.25, 0.3) is 33.8 Å². The second kappa shape index (κ2) is 14.7. The van der Waals surface area contributed by atoms with Crippen LogP contribution >= 0.6 is 23.5 Å². The van der Waals surface area contributed by atoms with Crippen molar-refractivity contribution < 1.29 is 65.2 Å². The van der Waals surface area contributed by atoms with Gasteiger partial charge in [0.25, 0.3) is 0 Å². The van der Waals surface area contributed by atoms with Gasteiger partial charge in [-0.15, -0.1) is 75.2 Å². The van der Waals surface area contributed by atoms with E-state index in [1.165, 1.54) is 20.1 Å². The number of furan rings is 1. The third kappa shape index (κ3) is 6.14. The molecule has 7 heterocycles. The Kier molecular flexibility index (Phi) is 9.36. The predicted octanol–water partition coefficient (Wildman–Crippen LogP) is 4.41. The number of hydrogen-bond donors (Lipinski definition) is 0. The first kappa shape index (κ1) is 38.7. The van der Waals surface area contributed by atoms with Crippen LogP contribution in [-0.2, 0) is 56.2 Å². The normalized spacial score (nSPS) is 13.2. The summed E-state index contributed by atoms with van der Waals surface area (Å²) in [6.07, 6.45) is 17.7. The number of fused-ring (bicyclic) bond motifs is 8. The first-order chi connectivity index (χ1) is 29.0. The number of aromatic nitrogens is 4. The van der Waals surface area contributed by atoms with Gasteiger partial charge >= 0.3 is 42.1 Å². The van der Waals surface area contributed by atoms with Crippen molar-refractivity contribution in [2.24, 2.45) is 14.1 Å². The van der Waals surface area contributed by atoms with Crippen molar-refractivity contribution in [3.63, 3.8) is 0 Å². The van der Waals surface area contributed by atoms with E-state index in [1.807, 2.05) is 99.6 Å². The smallest absolute Gasteiger partial charge is 0.631 e. The molecule has 290 valence electrons. The molecule has 6 aromatic carbocycles. The van der Waals surface area contributed by atoms with Crippen molar-refractivity contribution in [1.29, 1.82) is 0 Å². The minimum Gasteiger partial charge on any atom is -0.631 e. The number of rotatable bonds is 4. The van der Waals surface area contributed by atoms with E-state index in [-0.39, 0.29) is 55.6 Å². The summed E-state index contributed by atoms with van der Waals surface area (Å²) in [5.41, 5.74) is 10.4. The van der Waals surface area contributed by atoms with Crippen molar-refractivity contribution in [3.8, 4) is 56.8 Å². The molecule has 0 spiro atoms. The van der Waals surface area contributed by atoms with Crippen molar-refractivity contribution in [1.82, 2.24) is 9.13 Å². The standard InChI is InChI=1S/C48H24B2N4O3S2.2Pt/c1-51-17-19-53(27-51)32-11-14-39-35(24-32)49-34-21-29(9-13-38(34)56-40-5-3-6-41(57-39)47(40)49)31-23-42(55-26-31)30-10-15-43-36(22-30)50-37-25-33(54-20-18-52(2)28-54)12-16-44(37)59-46-8-4-7-45(58-43)48(46)50;;/h3-20H,1-2H3;;/q-6;2*+4. The molecule has 0 unspecified atom stereocenters. The van der Waals surface area contributed by atoms with Crippen LogP contribution in [0.3, 0.4) is 0 Å². The van der Waals surface area contributed by atoms with Gasteiger partial charge in [0.05, 0.1) is 14.1 Å². The van der Waals surface area contributed by atoms with E-state index in [0.717, 1.165) is 77.7 Å². The Morgan fingerprint density at radius 2 is 1.07 bits per heavy atom. The average molecular weight is 1180 g/mol. The molecule has 0 atom stereocenters. The average Bonchev–Trinajstić information content (AvgIpc) is 4.05. The Morgan fingerprint density at radius 1 is 0.525 bits per heavy atom. The summed E-state index contributed by atoms with van der Waals surface area (Å²) in [7, 11) is 3.92. The molecule has 0 N–H and O–H groups in total. The SMILES string of the molecule is C[n+]1[c-]n(-c2[c-]c3c(cc2)Oc2cccc4c2B3c2[c-]c(-c3[c-]oc(-c5[c-]c6c(cc5)Sc5cccc7c5B6c5[c-]c(-n6[c-][n+](C)cc6)ccc5S7)[c-]3)ccc2O4)cc1.[Pt+4].[Pt+4]. The molecule has 0 radical (unpaired) electrons. The van der Waals surface area contributed by atoms with E-state index in [2.05, 4.69) is 91.7 Å². The molecule has 0 aliphatic carbocycles. The van der Waals surface area contributed by atoms with Gasteiger partial charge in [-0.25, -0.2) is 12.1 Å². The second-order valence-corrected chi connectivity index (χ2v) is 17.1. The third-order valence-corrected chi connectivity index (χ3v) is 13.6. The fourth-order valence-electron chi connectivity index (χ4n) is 8.64. The Morgan fingerprint density at radius 3 is 1.74 bits per heavy atom. The van der Waals surface area contributed by atoms with Crippen LogP contribution in [-0.4, -0.2) is 22.6 Å². The summed E-state index contributed by atoms with van der Waals surface area (Å²) in [6.45, 7) is -0.272. The van der Waals surface area contributed by atoms with Gasteiger partial charge in [0.2, 0.25) is 26.1 Å². The molecule has 0 amide bonds. The molecule has 0 bridgehead atoms. The van der Waals surface area contributed by atoms with Gasteiger partial charge in [-0.3, -0.25) is 0 Å². The molecule has 9 aromatic rings. The summed E-state index contributed by atoms with van der Waals surface area (Å²) in [4.78, 5) is 4.88. The Hall–Kier alpha value is -5.17. The summed E-state index contributed by atoms with van der Waals surface area (Å²) in [5.74, 6) is 3.55. The predicted molar refractivity (Wildman–Crippen MR) is 225 cm³/mol. The topological polar surface area (TPSA) is 49.2 Å². The molecule has 13 rings (SSSR count). The van der Waals surface area contributed by atoms with Crippen molar-refractivity contribution in [2.45, 2.75) is 19.6 Å². The Bertz CT molecular complexity index is 3030. The zero-order valence-electron chi connectivity index (χ0n) is 32.0. The molecule has 13 heteroatoms. The van der Waals surface area contributed by atoms with Gasteiger partial charge in [0, 0.05) is 41.7 Å². The van der Waals surface area contributed by atoms with Gasteiger partial charge in [-0.05, 0) is 39.5 Å². The van der Waals surface area contributed by atoms with Crippen LogP contribution in [0.2, 0.25) is 0 Å². The third-order valence-electron chi connectivity index (χ3n) is 11.3. The molecule has 61 heavy (non-hydrogen) atoms. The van der Waals surface area contributed by atoms with Crippen LogP contribution in [0.15, 0.2) is 134 Å². The van der Waals surface area contributed by atoms with E-state index >= 15 is 0 Å². The van der Waals surface area contributed by atoms with E-state index in [9.17, 15) is 0 Å². The zero-order chi connectivity index (χ0) is 38.9. The number of benzene rings is 6. The first-order valence-corrected chi connectivity index (χ1v) is 20.7. The van der Waals surface area contributed by atoms with Gasteiger partial charge in [-0.2, -0.15) is 47.6 Å². The second-order valence-electron chi connectivity index (χ2n) is 14.9. The fourth-order valence-corrected chi connectivity index (χ4v) is 11.0. The van der Waals surface area contributed by atoms with E-state index in [0.29, 0.717) is 11.3 Å². The Balaban J connectivity index is 0.00000210. The van der Waals surface area contributed by atoms with Crippen LogP contribution in [0, 0.1) is 49.2 Å². The number of ether oxygens (including phenoxy) is 2. The number of aryl methyl sites for hydroxylation is 2. The summed E-state index contributed by atoms with van der Waals surface area (Å²) < 4.78 is 26.9. The zero-order valence-corrected chi connectivity index (χ0v) is 38.2. The van der Waals surface area contributed by atoms with E-state index in [1.54, 1.807) is 23.5 Å². The maximum Gasteiger partial charge on any atom is 4.00 e. The van der Waals surface area contributed by atoms with Crippen LogP contribution < -0.4 is 51.4 Å². The van der Waals surface area contributed by atoms with Crippen molar-refractivity contribution >= 4 is 69.7 Å². The molecule has 3 aromatic heterocycles. The molecule has 0 fully saturated rings. The maximum atomic E-state index is 6.49. The summed E-state index contributed by atoms with van der Waals surface area (Å²) >= 11 is 3.60. The van der Waals surface area contributed by atoms with Gasteiger partial charge in [0.15, 0.2) is 0 Å². The van der Waals surface area contributed by atoms with Crippen LogP contribution in [0.1, 0.15) is 0 Å². The first-order valence-electron chi connectivity index (χ1n) is 19.1. The maximum absolute atomic E-state index is 6.49. The molecule has 7 nitrogen and oxygen atoms in total. The number of hydrogen-bond acceptors (Lipinski definition) is 5. The van der Waals surface area contributed by atoms with Crippen molar-refractivity contribution in [3.05, 3.63) is 159 Å².